The predicted molar refractivity (Wildman–Crippen MR) is 140 cm³/mol. The molecule has 0 bridgehead atoms. The Morgan fingerprint density at radius 3 is 1.26 bits per heavy atom. The van der Waals surface area contributed by atoms with E-state index in [1.54, 1.807) is 3.28 Å². The van der Waals surface area contributed by atoms with Crippen molar-refractivity contribution >= 4 is 18.0 Å². The van der Waals surface area contributed by atoms with E-state index < -0.39 is 10.2 Å². The summed E-state index contributed by atoms with van der Waals surface area (Å²) in [4.78, 5) is 0. The second-order valence-electron chi connectivity index (χ2n) is 15.8. The third-order valence-corrected chi connectivity index (χ3v) is 66.8. The third kappa shape index (κ3) is 4.13. The van der Waals surface area contributed by atoms with E-state index in [1.807, 2.05) is 0 Å². The van der Waals surface area contributed by atoms with Gasteiger partial charge in [0, 0.05) is 0 Å². The first-order valence-corrected chi connectivity index (χ1v) is 45.0. The molecular weight excluding hydrogens is 558 g/mol. The number of rotatable bonds is 7. The van der Waals surface area contributed by atoms with E-state index in [9.17, 15) is 0 Å². The molecule has 0 atom stereocenters. The minimum atomic E-state index is -5.03. The van der Waals surface area contributed by atoms with Crippen LogP contribution in [0.15, 0.2) is 113 Å². The number of hydrogen-bond donors (Lipinski definition) is 0. The summed E-state index contributed by atoms with van der Waals surface area (Å²) < 4.78 is 13.9. The van der Waals surface area contributed by atoms with Crippen molar-refractivity contribution < 1.29 is 10.2 Å². The van der Waals surface area contributed by atoms with Crippen LogP contribution < -0.4 is 0 Å². The molecule has 0 heterocycles. The molecule has 0 unspecified atom stereocenters. The van der Waals surface area contributed by atoms with Crippen LogP contribution in [0.3, 0.4) is 0 Å². The Hall–Kier alpha value is -1.18. The van der Waals surface area contributed by atoms with Gasteiger partial charge < -0.3 is 0 Å². The van der Waals surface area contributed by atoms with Gasteiger partial charge in [0.05, 0.1) is 0 Å². The maximum absolute atomic E-state index is 5.03. The first-order valence-electron chi connectivity index (χ1n) is 11.8. The molecule has 0 nitrogen and oxygen atoms in total. The number of allylic oxidation sites excluding steroid dienone is 4. The van der Waals surface area contributed by atoms with Gasteiger partial charge in [-0.1, -0.05) is 0 Å². The van der Waals surface area contributed by atoms with E-state index in [-0.39, 0.29) is 0 Å². The van der Waals surface area contributed by atoms with Crippen molar-refractivity contribution in [3.05, 3.63) is 129 Å². The fourth-order valence-corrected chi connectivity index (χ4v) is 62.7. The molecule has 0 amide bonds. The topological polar surface area (TPSA) is 0 Å². The molecule has 0 aromatic heterocycles. The molecule has 0 saturated heterocycles. The van der Waals surface area contributed by atoms with E-state index in [4.69, 9.17) is 0 Å². The van der Waals surface area contributed by atoms with E-state index in [0.29, 0.717) is 18.0 Å². The zero-order valence-corrected chi connectivity index (χ0v) is 27.9. The Labute approximate surface area is 188 Å². The first-order chi connectivity index (χ1) is 14.4. The van der Waals surface area contributed by atoms with Gasteiger partial charge in [0.25, 0.3) is 0 Å². The Morgan fingerprint density at radius 2 is 0.968 bits per heavy atom. The van der Waals surface area contributed by atoms with Crippen molar-refractivity contribution in [2.45, 2.75) is 32.7 Å². The van der Waals surface area contributed by atoms with Crippen LogP contribution >= 0.6 is 0 Å². The average Bonchev–Trinajstić information content (AvgIpc) is 3.27. The molecule has 3 aromatic carbocycles. The second kappa shape index (κ2) is 6.03. The Balaban J connectivity index is 2.11. The molecule has 0 radical (unpaired) electrons. The molecule has 0 aliphatic heterocycles. The summed E-state index contributed by atoms with van der Waals surface area (Å²) in [6.45, 7) is 0. The van der Waals surface area contributed by atoms with E-state index in [1.165, 1.54) is 29.1 Å². The fraction of sp³-hybridized carbons (Fsp3) is 0.241. The summed E-state index contributed by atoms with van der Waals surface area (Å²) in [5, 5.41) is 0. The predicted octanol–water partition coefficient (Wildman–Crippen LogP) is 7.15. The second-order valence-corrected chi connectivity index (χ2v) is 162. The molecule has 0 fully saturated rings. The van der Waals surface area contributed by atoms with Crippen LogP contribution in [0.25, 0.3) is 0 Å². The van der Waals surface area contributed by atoms with Crippen LogP contribution in [0.2, 0.25) is 13.9 Å². The van der Waals surface area contributed by atoms with Gasteiger partial charge in [0.2, 0.25) is 0 Å². The number of hydrogen-bond acceptors (Lipinski definition) is 0. The molecular formula is C29H38SnZr. The summed E-state index contributed by atoms with van der Waals surface area (Å²) >= 11 is 0.320. The quantitative estimate of drug-likeness (QED) is 0.254. The van der Waals surface area contributed by atoms with Crippen LogP contribution in [0.4, 0.5) is 0 Å². The van der Waals surface area contributed by atoms with Crippen LogP contribution in [-0.4, -0.2) is 18.0 Å². The van der Waals surface area contributed by atoms with Crippen LogP contribution in [-0.2, 0) is 22.5 Å². The first kappa shape index (κ1) is 23.0. The van der Waals surface area contributed by atoms with Crippen molar-refractivity contribution in [3.63, 3.8) is 0 Å². The van der Waals surface area contributed by atoms with Crippen molar-refractivity contribution in [1.82, 2.24) is 0 Å². The molecule has 162 valence electrons. The van der Waals surface area contributed by atoms with Crippen LogP contribution in [0, 0.1) is 0 Å². The molecule has 31 heavy (non-hydrogen) atoms. The summed E-state index contributed by atoms with van der Waals surface area (Å²) in [6, 6.07) is 34.0. The molecule has 0 N–H and O–H groups in total. The number of benzene rings is 3. The van der Waals surface area contributed by atoms with Crippen molar-refractivity contribution in [3.8, 4) is 0 Å². The molecule has 0 spiro atoms. The van der Waals surface area contributed by atoms with Gasteiger partial charge >= 0.3 is 190 Å². The van der Waals surface area contributed by atoms with Crippen LogP contribution in [0.5, 0.6) is 0 Å². The summed E-state index contributed by atoms with van der Waals surface area (Å²) in [5.74, 6) is 0. The summed E-state index contributed by atoms with van der Waals surface area (Å²) in [5.41, 5.74) is 4.50. The van der Waals surface area contributed by atoms with Gasteiger partial charge in [-0.3, -0.25) is 0 Å². The zero-order valence-electron chi connectivity index (χ0n) is 19.7. The normalized spacial score (nSPS) is 19.0. The van der Waals surface area contributed by atoms with Gasteiger partial charge in [-0.25, -0.2) is 0 Å². The van der Waals surface area contributed by atoms with E-state index >= 15 is 0 Å². The Bertz CT molecular complexity index is 1100. The SMILES string of the molecule is [CH3][Zr]([CH3])([CH3])([SnH3])([CH2]c1ccccc1)([CH2]c1ccccc1)([CH2]c1ccccc1)[C]1=CC=CC1. The molecule has 4 rings (SSSR count). The van der Waals surface area contributed by atoms with Gasteiger partial charge in [-0.05, 0) is 0 Å². The third-order valence-electron chi connectivity index (χ3n) is 9.01. The molecule has 3 aromatic rings. The summed E-state index contributed by atoms with van der Waals surface area (Å²) in [6.07, 6.45) is 8.35. The summed E-state index contributed by atoms with van der Waals surface area (Å²) in [7, 11) is -5.03. The van der Waals surface area contributed by atoms with Gasteiger partial charge in [0.1, 0.15) is 0 Å². The molecule has 2 heteroatoms. The average molecular weight is 597 g/mol. The maximum atomic E-state index is 2.84. The molecule has 1 aliphatic carbocycles. The Kier molecular flexibility index (Phi) is 4.47. The monoisotopic (exact) mass is 596 g/mol. The molecule has 1 aliphatic rings. The van der Waals surface area contributed by atoms with Crippen molar-refractivity contribution in [2.24, 2.45) is 0 Å². The van der Waals surface area contributed by atoms with Crippen LogP contribution in [0.1, 0.15) is 23.1 Å². The minimum absolute atomic E-state index is 0.320. The van der Waals surface area contributed by atoms with Crippen molar-refractivity contribution in [1.29, 1.82) is 0 Å². The zero-order chi connectivity index (χ0) is 22.2. The van der Waals surface area contributed by atoms with E-state index in [0.717, 1.165) is 6.42 Å². The molecule has 0 saturated carbocycles. The Morgan fingerprint density at radius 1 is 0.613 bits per heavy atom. The van der Waals surface area contributed by atoms with Gasteiger partial charge in [-0.15, -0.1) is 0 Å². The van der Waals surface area contributed by atoms with Gasteiger partial charge in [0.15, 0.2) is 0 Å². The standard InChI is InChI=1S/3C7H7.C5H5.3CH3.Sn.Zr.3H/c3*1-7-5-3-2-4-6-7;1-2-4-5-3-1;;;;;;;;/h3*2-6H,1H2;1-3H,4H2;3*1H3;;;;;. The van der Waals surface area contributed by atoms with E-state index in [2.05, 4.69) is 123 Å². The van der Waals surface area contributed by atoms with Gasteiger partial charge in [-0.2, -0.15) is 0 Å². The van der Waals surface area contributed by atoms with Crippen molar-refractivity contribution in [2.75, 3.05) is 0 Å². The fourth-order valence-electron chi connectivity index (χ4n) is 7.52.